The molecule has 0 bridgehead atoms. The average Bonchev–Trinajstić information content (AvgIpc) is 3.37. The average molecular weight is 1120 g/mol. The molecule has 0 saturated carbocycles. The van der Waals surface area contributed by atoms with Crippen LogP contribution in [0.3, 0.4) is 0 Å². The molecular weight excluding hydrogens is 1040 g/mol. The van der Waals surface area contributed by atoms with Gasteiger partial charge >= 0.3 is 5.97 Å². The van der Waals surface area contributed by atoms with Crippen molar-refractivity contribution in [3.8, 4) is 0 Å². The van der Waals surface area contributed by atoms with Crippen LogP contribution in [-0.2, 0) is 78.3 Å². The highest BCUT2D eigenvalue weighted by molar-refractivity contribution is 5.98. The molecule has 30 heteroatoms. The van der Waals surface area contributed by atoms with E-state index in [1.54, 1.807) is 58.0 Å². The van der Waals surface area contributed by atoms with E-state index in [1.165, 1.54) is 6.92 Å². The zero-order chi connectivity index (χ0) is 59.2. The van der Waals surface area contributed by atoms with Crippen LogP contribution < -0.4 is 69.5 Å². The first kappa shape index (κ1) is 66.4. The number of rotatable bonds is 22. The Morgan fingerprint density at radius 3 is 1.81 bits per heavy atom. The number of carbonyl (C=O) groups excluding carboxylic acids is 14. The van der Waals surface area contributed by atoms with Gasteiger partial charge in [-0.25, -0.2) is 0 Å². The van der Waals surface area contributed by atoms with E-state index in [0.29, 0.717) is 10.5 Å². The summed E-state index contributed by atoms with van der Waals surface area (Å²) in [6, 6.07) is 1.98. The smallest absolute Gasteiger partial charge is 0.322 e. The number of carboxylic acid groups (broad SMARTS) is 1. The monoisotopic (exact) mass is 1110 g/mol. The van der Waals surface area contributed by atoms with Gasteiger partial charge in [0, 0.05) is 45.3 Å². The van der Waals surface area contributed by atoms with E-state index < -0.39 is 177 Å². The predicted molar refractivity (Wildman–Crippen MR) is 277 cm³/mol. The lowest BCUT2D eigenvalue weighted by atomic mass is 10.00. The van der Waals surface area contributed by atoms with Gasteiger partial charge in [0.2, 0.25) is 82.7 Å². The molecule has 1 fully saturated rings. The minimum Gasteiger partial charge on any atom is -0.480 e. The Morgan fingerprint density at radius 1 is 0.608 bits per heavy atom. The molecule has 1 aromatic rings. The number of hydrogen-bond donors (Lipinski definition) is 14. The van der Waals surface area contributed by atoms with Crippen LogP contribution in [0.25, 0.3) is 0 Å². The normalized spacial score (nSPS) is 17.8. The second-order valence-corrected chi connectivity index (χ2v) is 19.1. The van der Waals surface area contributed by atoms with Gasteiger partial charge in [-0.05, 0) is 37.2 Å². The zero-order valence-corrected chi connectivity index (χ0v) is 44.8. The number of nitrogens with two attached hydrogens (primary N) is 1. The van der Waals surface area contributed by atoms with E-state index in [2.05, 4.69) is 63.8 Å². The lowest BCUT2D eigenvalue weighted by Crippen LogP contribution is -2.56. The Kier molecular flexibility index (Phi) is 29.3. The molecule has 0 spiro atoms. The fourth-order valence-corrected chi connectivity index (χ4v) is 7.33. The second kappa shape index (κ2) is 34.8. The van der Waals surface area contributed by atoms with E-state index in [4.69, 9.17) is 10.8 Å². The van der Waals surface area contributed by atoms with Crippen molar-refractivity contribution in [3.05, 3.63) is 35.9 Å². The molecule has 1 heterocycles. The highest BCUT2D eigenvalue weighted by atomic mass is 16.4. The van der Waals surface area contributed by atoms with Gasteiger partial charge in [-0.1, -0.05) is 58.0 Å². The summed E-state index contributed by atoms with van der Waals surface area (Å²) >= 11 is 0. The lowest BCUT2D eigenvalue weighted by Gasteiger charge is -2.25. The van der Waals surface area contributed by atoms with Crippen LogP contribution in [0.1, 0.15) is 78.7 Å². The number of amides is 14. The topological polar surface area (TPSA) is 450 Å². The van der Waals surface area contributed by atoms with Crippen LogP contribution in [0.5, 0.6) is 0 Å². The third-order valence-corrected chi connectivity index (χ3v) is 11.2. The summed E-state index contributed by atoms with van der Waals surface area (Å²) in [6.45, 7) is 3.53. The molecular formula is C49H74N14O16. The summed E-state index contributed by atoms with van der Waals surface area (Å²) in [4.78, 5) is 193. The molecule has 79 heavy (non-hydrogen) atoms. The highest BCUT2D eigenvalue weighted by Gasteiger charge is 2.31. The van der Waals surface area contributed by atoms with Gasteiger partial charge in [0.25, 0.3) is 0 Å². The van der Waals surface area contributed by atoms with Crippen LogP contribution in [0.2, 0.25) is 0 Å². The SMILES string of the molecule is CC(C)C[C@H](NC(=O)CNC(=O)CNC(=O)[C@H](CC(N)=O)NC(=O)CN1CC(=O)N[C@@H](C)C(=O)NCC(=O)NCCNC(=O)CCNC(=O)[C@H](Cc2ccccc2)NC(=O)CCC1=O)C(=O)N[C@@H](CC(C)C)C(=O)NCC(=O)O. The van der Waals surface area contributed by atoms with E-state index >= 15 is 0 Å². The van der Waals surface area contributed by atoms with Crippen LogP contribution in [0, 0.1) is 11.8 Å². The van der Waals surface area contributed by atoms with Crippen molar-refractivity contribution in [2.75, 3.05) is 58.9 Å². The largest absolute Gasteiger partial charge is 0.480 e. The van der Waals surface area contributed by atoms with E-state index in [9.17, 15) is 71.9 Å². The minimum atomic E-state index is -1.78. The zero-order valence-electron chi connectivity index (χ0n) is 44.8. The van der Waals surface area contributed by atoms with Crippen molar-refractivity contribution in [2.45, 2.75) is 110 Å². The molecule has 436 valence electrons. The van der Waals surface area contributed by atoms with Crippen LogP contribution in [-0.4, -0.2) is 188 Å². The molecule has 0 radical (unpaired) electrons. The lowest BCUT2D eigenvalue weighted by molar-refractivity contribution is -0.141. The Labute approximate surface area is 455 Å². The van der Waals surface area contributed by atoms with Crippen molar-refractivity contribution in [3.63, 3.8) is 0 Å². The number of primary amides is 1. The molecule has 0 aromatic heterocycles. The van der Waals surface area contributed by atoms with Gasteiger partial charge in [-0.3, -0.25) is 71.9 Å². The van der Waals surface area contributed by atoms with Crippen LogP contribution in [0.4, 0.5) is 0 Å². The number of nitrogens with one attached hydrogen (secondary N) is 12. The molecule has 2 rings (SSSR count). The van der Waals surface area contributed by atoms with Crippen molar-refractivity contribution >= 4 is 88.7 Å². The van der Waals surface area contributed by atoms with E-state index in [0.717, 1.165) is 0 Å². The van der Waals surface area contributed by atoms with Gasteiger partial charge in [0.1, 0.15) is 49.8 Å². The molecule has 0 unspecified atom stereocenters. The Morgan fingerprint density at radius 2 is 1.19 bits per heavy atom. The van der Waals surface area contributed by atoms with Crippen molar-refractivity contribution in [1.29, 1.82) is 0 Å². The fraction of sp³-hybridized carbons (Fsp3) is 0.571. The predicted octanol–water partition coefficient (Wildman–Crippen LogP) is -6.45. The van der Waals surface area contributed by atoms with E-state index in [1.807, 2.05) is 0 Å². The van der Waals surface area contributed by atoms with Gasteiger partial charge in [-0.15, -0.1) is 0 Å². The van der Waals surface area contributed by atoms with Crippen molar-refractivity contribution in [1.82, 2.24) is 68.7 Å². The maximum atomic E-state index is 13.7. The summed E-state index contributed by atoms with van der Waals surface area (Å²) in [5.41, 5.74) is 6.00. The summed E-state index contributed by atoms with van der Waals surface area (Å²) in [5, 5.41) is 37.7. The molecule has 1 aliphatic rings. The third kappa shape index (κ3) is 28.3. The Balaban J connectivity index is 2.21. The molecule has 30 nitrogen and oxygen atoms in total. The van der Waals surface area contributed by atoms with Crippen molar-refractivity contribution < 1.29 is 77.0 Å². The molecule has 5 atom stereocenters. The molecule has 1 aliphatic heterocycles. The molecule has 1 saturated heterocycles. The first-order chi connectivity index (χ1) is 37.2. The van der Waals surface area contributed by atoms with Gasteiger partial charge in [-0.2, -0.15) is 0 Å². The molecule has 14 amide bonds. The standard InChI is InChI=1S/C49H74N14O16/c1-27(2)17-31(47(77)57-24-44(73)74)62-49(79)32(18-28(3)4)60-40(69)23-54-39(68)22-56-48(78)34(20-35(50)64)61-42(71)26-63-25-41(70)58-29(5)45(75)55-21-38(67)52-16-15-51-36(65)13-14-53-46(76)33(19-30-9-7-6-8-10-30)59-37(66)11-12-43(63)72/h6-10,27-29,31-34H,11-26H2,1-5H3,(H2,50,64)(H,51,65)(H,52,67)(H,53,76)(H,54,68)(H,55,75)(H,56,78)(H,57,77)(H,58,70)(H,59,66)(H,60,69)(H,61,71)(H,62,79)(H,73,74)/t29-,31-,32-,33-,34-/m0/s1. The van der Waals surface area contributed by atoms with E-state index in [-0.39, 0.29) is 57.2 Å². The third-order valence-electron chi connectivity index (χ3n) is 11.2. The van der Waals surface area contributed by atoms with Gasteiger partial charge in [0.05, 0.1) is 26.1 Å². The quantitative estimate of drug-likeness (QED) is 0.0514. The maximum absolute atomic E-state index is 13.7. The van der Waals surface area contributed by atoms with Crippen molar-refractivity contribution in [2.24, 2.45) is 17.6 Å². The maximum Gasteiger partial charge on any atom is 0.322 e. The Hall–Kier alpha value is -8.73. The fourth-order valence-electron chi connectivity index (χ4n) is 7.33. The molecule has 0 aliphatic carbocycles. The number of nitrogens with zero attached hydrogens (tertiary/aromatic N) is 1. The number of hydrogen-bond acceptors (Lipinski definition) is 15. The first-order valence-electron chi connectivity index (χ1n) is 25.4. The second-order valence-electron chi connectivity index (χ2n) is 19.1. The van der Waals surface area contributed by atoms with Crippen LogP contribution in [0.15, 0.2) is 30.3 Å². The summed E-state index contributed by atoms with van der Waals surface area (Å²) in [6.07, 6.45) is -2.00. The number of aliphatic carboxylic acids is 1. The van der Waals surface area contributed by atoms with Crippen LogP contribution >= 0.6 is 0 Å². The minimum absolute atomic E-state index is 0.00354. The van der Waals surface area contributed by atoms with Gasteiger partial charge < -0.3 is 79.5 Å². The number of carboxylic acids is 1. The first-order valence-corrected chi connectivity index (χ1v) is 25.4. The number of benzene rings is 1. The molecule has 15 N–H and O–H groups in total. The molecule has 1 aromatic carbocycles. The number of carbonyl (C=O) groups is 15. The Bertz CT molecular complexity index is 2370. The summed E-state index contributed by atoms with van der Waals surface area (Å²) in [5.74, 6) is -13.6. The summed E-state index contributed by atoms with van der Waals surface area (Å²) < 4.78 is 0. The van der Waals surface area contributed by atoms with Gasteiger partial charge in [0.15, 0.2) is 0 Å². The highest BCUT2D eigenvalue weighted by Crippen LogP contribution is 2.10. The summed E-state index contributed by atoms with van der Waals surface area (Å²) in [7, 11) is 0.